The number of nitrogens with zero attached hydrogens (tertiary/aromatic N) is 1. The van der Waals surface area contributed by atoms with E-state index in [2.05, 4.69) is 4.72 Å². The van der Waals surface area contributed by atoms with Gasteiger partial charge in [0, 0.05) is 17.8 Å². The molecule has 0 aromatic heterocycles. The van der Waals surface area contributed by atoms with Crippen molar-refractivity contribution in [3.8, 4) is 0 Å². The average molecular weight is 392 g/mol. The van der Waals surface area contributed by atoms with Gasteiger partial charge in [-0.3, -0.25) is 14.4 Å². The number of sulfonamides is 1. The molecule has 1 saturated heterocycles. The second kappa shape index (κ2) is 8.06. The molecule has 0 spiro atoms. The Kier molecular flexibility index (Phi) is 5.76. The molecule has 2 N–H and O–H groups in total. The molecule has 6 nitrogen and oxygen atoms in total. The van der Waals surface area contributed by atoms with Gasteiger partial charge < -0.3 is 5.11 Å². The number of likely N-dealkylation sites (tertiary alicyclic amines) is 1. The number of hydrogen-bond donors (Lipinski definition) is 2. The fraction of sp³-hybridized carbons (Fsp3) is 0.316. The fourth-order valence-electron chi connectivity index (χ4n) is 3.39. The highest BCUT2D eigenvalue weighted by Crippen LogP contribution is 2.29. The quantitative estimate of drug-likeness (QED) is 0.789. The maximum atomic E-state index is 14.2. The van der Waals surface area contributed by atoms with Gasteiger partial charge in [0.25, 0.3) is 0 Å². The van der Waals surface area contributed by atoms with Crippen molar-refractivity contribution >= 4 is 21.7 Å². The summed E-state index contributed by atoms with van der Waals surface area (Å²) in [7, 11) is -3.70. The summed E-state index contributed by atoms with van der Waals surface area (Å²) >= 11 is 0. The number of carbonyl (C=O) groups is 1. The summed E-state index contributed by atoms with van der Waals surface area (Å²) in [4.78, 5) is 13.4. The average Bonchev–Trinajstić information content (AvgIpc) is 2.64. The second-order valence-corrected chi connectivity index (χ2v) is 8.50. The van der Waals surface area contributed by atoms with Crippen LogP contribution < -0.4 is 4.72 Å². The lowest BCUT2D eigenvalue weighted by atomic mass is 10.0. The summed E-state index contributed by atoms with van der Waals surface area (Å²) in [6.45, 7) is 0.413. The molecule has 0 radical (unpaired) electrons. The van der Waals surface area contributed by atoms with E-state index in [-0.39, 0.29) is 12.1 Å². The normalized spacial score (nSPS) is 19.4. The first kappa shape index (κ1) is 19.3. The highest BCUT2D eigenvalue weighted by molar-refractivity contribution is 7.93. The van der Waals surface area contributed by atoms with Gasteiger partial charge in [0.05, 0.1) is 5.25 Å². The standard InChI is InChI=1S/C19H21FN2O4S/c20-17-11-5-4-10-16(17)18(19(23)24)22-12-6-9-15(13-22)27(25,26)21-14-7-2-1-3-8-14/h1-5,7-8,10-11,15,18,21H,6,9,12-13H2,(H,23,24). The van der Waals surface area contributed by atoms with Gasteiger partial charge in [-0.2, -0.15) is 0 Å². The van der Waals surface area contributed by atoms with Crippen LogP contribution in [0.2, 0.25) is 0 Å². The zero-order chi connectivity index (χ0) is 19.4. The number of anilines is 1. The number of piperidine rings is 1. The van der Waals surface area contributed by atoms with Crippen molar-refractivity contribution in [3.63, 3.8) is 0 Å². The van der Waals surface area contributed by atoms with Crippen LogP contribution in [-0.4, -0.2) is 42.7 Å². The number of carboxylic acids is 1. The lowest BCUT2D eigenvalue weighted by Crippen LogP contribution is -2.47. The molecule has 3 rings (SSSR count). The van der Waals surface area contributed by atoms with E-state index in [0.29, 0.717) is 25.1 Å². The number of carboxylic acid groups (broad SMARTS) is 1. The van der Waals surface area contributed by atoms with Gasteiger partial charge in [0.2, 0.25) is 10.0 Å². The minimum atomic E-state index is -3.70. The first-order chi connectivity index (χ1) is 12.9. The Hall–Kier alpha value is -2.45. The summed E-state index contributed by atoms with van der Waals surface area (Å²) in [5.74, 6) is -1.81. The topological polar surface area (TPSA) is 86.7 Å². The number of benzene rings is 2. The minimum Gasteiger partial charge on any atom is -0.480 e. The van der Waals surface area contributed by atoms with Crippen LogP contribution in [-0.2, 0) is 14.8 Å². The van der Waals surface area contributed by atoms with E-state index in [4.69, 9.17) is 0 Å². The molecule has 2 unspecified atom stereocenters. The molecule has 1 aliphatic heterocycles. The Bertz CT molecular complexity index is 905. The third-order valence-corrected chi connectivity index (χ3v) is 6.46. The molecule has 0 bridgehead atoms. The second-order valence-electron chi connectivity index (χ2n) is 6.53. The summed E-state index contributed by atoms with van der Waals surface area (Å²) in [5.41, 5.74) is 0.498. The van der Waals surface area contributed by atoms with Crippen LogP contribution in [0.4, 0.5) is 10.1 Å². The minimum absolute atomic E-state index is 0.0213. The molecule has 144 valence electrons. The number of rotatable bonds is 6. The largest absolute Gasteiger partial charge is 0.480 e. The third-order valence-electron chi connectivity index (χ3n) is 4.68. The van der Waals surface area contributed by atoms with Crippen molar-refractivity contribution in [1.29, 1.82) is 0 Å². The van der Waals surface area contributed by atoms with Gasteiger partial charge in [-0.05, 0) is 37.6 Å². The molecular weight excluding hydrogens is 371 g/mol. The summed E-state index contributed by atoms with van der Waals surface area (Å²) in [6, 6.07) is 13.0. The predicted molar refractivity (Wildman–Crippen MR) is 100 cm³/mol. The van der Waals surface area contributed by atoms with E-state index < -0.39 is 33.1 Å². The van der Waals surface area contributed by atoms with E-state index >= 15 is 0 Å². The van der Waals surface area contributed by atoms with E-state index in [1.165, 1.54) is 23.1 Å². The number of aliphatic carboxylic acids is 1. The summed E-state index contributed by atoms with van der Waals surface area (Å²) in [5, 5.41) is 8.88. The Morgan fingerprint density at radius 2 is 1.81 bits per heavy atom. The molecule has 2 aromatic carbocycles. The van der Waals surface area contributed by atoms with Gasteiger partial charge >= 0.3 is 5.97 Å². The van der Waals surface area contributed by atoms with Gasteiger partial charge in [-0.25, -0.2) is 12.8 Å². The zero-order valence-electron chi connectivity index (χ0n) is 14.6. The van der Waals surface area contributed by atoms with E-state index in [1.54, 1.807) is 36.4 Å². The van der Waals surface area contributed by atoms with Crippen LogP contribution in [0.5, 0.6) is 0 Å². The predicted octanol–water partition coefficient (Wildman–Crippen LogP) is 2.86. The lowest BCUT2D eigenvalue weighted by Gasteiger charge is -2.36. The van der Waals surface area contributed by atoms with Gasteiger partial charge in [-0.15, -0.1) is 0 Å². The number of nitrogens with one attached hydrogen (secondary N) is 1. The van der Waals surface area contributed by atoms with Gasteiger partial charge in [0.15, 0.2) is 0 Å². The molecule has 2 atom stereocenters. The molecular formula is C19H21FN2O4S. The molecule has 1 aliphatic rings. The third kappa shape index (κ3) is 4.45. The van der Waals surface area contributed by atoms with Crippen molar-refractivity contribution in [2.45, 2.75) is 24.1 Å². The van der Waals surface area contributed by atoms with Crippen LogP contribution in [0.25, 0.3) is 0 Å². The zero-order valence-corrected chi connectivity index (χ0v) is 15.4. The lowest BCUT2D eigenvalue weighted by molar-refractivity contribution is -0.144. The molecule has 27 heavy (non-hydrogen) atoms. The van der Waals surface area contributed by atoms with Gasteiger partial charge in [-0.1, -0.05) is 36.4 Å². The first-order valence-corrected chi connectivity index (χ1v) is 10.2. The van der Waals surface area contributed by atoms with Crippen LogP contribution in [0.15, 0.2) is 54.6 Å². The molecule has 8 heteroatoms. The molecule has 0 aliphatic carbocycles. The Morgan fingerprint density at radius 3 is 2.48 bits per heavy atom. The number of para-hydroxylation sites is 1. The molecule has 2 aromatic rings. The monoisotopic (exact) mass is 392 g/mol. The van der Waals surface area contributed by atoms with Crippen LogP contribution in [0.1, 0.15) is 24.4 Å². The molecule has 1 heterocycles. The van der Waals surface area contributed by atoms with Gasteiger partial charge in [0.1, 0.15) is 11.9 Å². The fourth-order valence-corrected chi connectivity index (χ4v) is 4.89. The van der Waals surface area contributed by atoms with Crippen molar-refractivity contribution in [1.82, 2.24) is 4.90 Å². The van der Waals surface area contributed by atoms with Crippen molar-refractivity contribution in [3.05, 3.63) is 66.0 Å². The highest BCUT2D eigenvalue weighted by atomic mass is 32.2. The van der Waals surface area contributed by atoms with E-state index in [0.717, 1.165) is 0 Å². The summed E-state index contributed by atoms with van der Waals surface area (Å²) in [6.07, 6.45) is 0.931. The maximum Gasteiger partial charge on any atom is 0.325 e. The Balaban J connectivity index is 1.82. The van der Waals surface area contributed by atoms with Crippen molar-refractivity contribution in [2.75, 3.05) is 17.8 Å². The van der Waals surface area contributed by atoms with Crippen LogP contribution in [0.3, 0.4) is 0 Å². The van der Waals surface area contributed by atoms with E-state index in [9.17, 15) is 22.7 Å². The van der Waals surface area contributed by atoms with E-state index in [1.807, 2.05) is 0 Å². The maximum absolute atomic E-state index is 14.2. The number of hydrogen-bond acceptors (Lipinski definition) is 4. The molecule has 0 saturated carbocycles. The van der Waals surface area contributed by atoms with Crippen LogP contribution >= 0.6 is 0 Å². The molecule has 1 fully saturated rings. The van der Waals surface area contributed by atoms with Crippen molar-refractivity contribution < 1.29 is 22.7 Å². The summed E-state index contributed by atoms with van der Waals surface area (Å²) < 4.78 is 42.2. The number of halogens is 1. The first-order valence-electron chi connectivity index (χ1n) is 8.66. The molecule has 0 amide bonds. The Morgan fingerprint density at radius 1 is 1.15 bits per heavy atom. The SMILES string of the molecule is O=C(O)C(c1ccccc1F)N1CCCC(S(=O)(=O)Nc2ccccc2)C1. The van der Waals surface area contributed by atoms with Crippen LogP contribution in [0, 0.1) is 5.82 Å². The van der Waals surface area contributed by atoms with Crippen molar-refractivity contribution in [2.24, 2.45) is 0 Å². The highest BCUT2D eigenvalue weighted by Gasteiger charge is 2.37. The Labute approximate surface area is 157 Å². The smallest absolute Gasteiger partial charge is 0.325 e.